The molecule has 0 unspecified atom stereocenters. The zero-order chi connectivity index (χ0) is 9.68. The van der Waals surface area contributed by atoms with Crippen molar-refractivity contribution in [2.75, 3.05) is 0 Å². The summed E-state index contributed by atoms with van der Waals surface area (Å²) in [5.41, 5.74) is 2.53. The summed E-state index contributed by atoms with van der Waals surface area (Å²) in [4.78, 5) is 0. The van der Waals surface area contributed by atoms with Crippen LogP contribution in [0.25, 0.3) is 6.08 Å². The predicted molar refractivity (Wildman–Crippen MR) is 59.5 cm³/mol. The van der Waals surface area contributed by atoms with E-state index in [1.165, 1.54) is 11.1 Å². The maximum Gasteiger partial charge on any atom is -0.0219 e. The molecule has 1 rings (SSSR count). The fraction of sp³-hybridized carbons (Fsp3) is 0.231. The molecule has 0 heterocycles. The van der Waals surface area contributed by atoms with E-state index in [4.69, 9.17) is 0 Å². The van der Waals surface area contributed by atoms with Crippen LogP contribution >= 0.6 is 0 Å². The average Bonchev–Trinajstić information content (AvgIpc) is 2.15. The number of benzene rings is 1. The van der Waals surface area contributed by atoms with E-state index in [2.05, 4.69) is 38.6 Å². The van der Waals surface area contributed by atoms with Crippen molar-refractivity contribution in [3.05, 3.63) is 54.1 Å². The van der Waals surface area contributed by atoms with Crippen molar-refractivity contribution in [3.8, 4) is 0 Å². The van der Waals surface area contributed by atoms with Gasteiger partial charge in [0.15, 0.2) is 0 Å². The molecule has 0 radical (unpaired) electrons. The van der Waals surface area contributed by atoms with Crippen LogP contribution in [0.1, 0.15) is 19.4 Å². The van der Waals surface area contributed by atoms with E-state index in [1.807, 2.05) is 24.3 Å². The van der Waals surface area contributed by atoms with Crippen LogP contribution in [0.4, 0.5) is 0 Å². The first-order chi connectivity index (χ1) is 6.24. The van der Waals surface area contributed by atoms with Gasteiger partial charge in [0.1, 0.15) is 0 Å². The van der Waals surface area contributed by atoms with Crippen molar-refractivity contribution in [3.63, 3.8) is 0 Å². The van der Waals surface area contributed by atoms with E-state index in [1.54, 1.807) is 0 Å². The molecular formula is C13H16. The second-order valence-electron chi connectivity index (χ2n) is 3.41. The molecule has 0 saturated heterocycles. The lowest BCUT2D eigenvalue weighted by Crippen LogP contribution is -1.89. The van der Waals surface area contributed by atoms with Crippen molar-refractivity contribution in [1.29, 1.82) is 0 Å². The lowest BCUT2D eigenvalue weighted by molar-refractivity contribution is 0.798. The molecule has 0 bridgehead atoms. The summed E-state index contributed by atoms with van der Waals surface area (Å²) in [5.74, 6) is 0.540. The molecule has 0 aromatic heterocycles. The molecule has 0 aliphatic rings. The standard InChI is InChI=1S/C13H16/c1-4-13(11(2)3)10-12-8-6-5-7-9-12/h4-11H,1H2,2-3H3/b13-10+. The third kappa shape index (κ3) is 2.90. The van der Waals surface area contributed by atoms with Crippen LogP contribution < -0.4 is 0 Å². The van der Waals surface area contributed by atoms with Crippen molar-refractivity contribution in [2.24, 2.45) is 5.92 Å². The van der Waals surface area contributed by atoms with Crippen LogP contribution in [0, 0.1) is 5.92 Å². The fourth-order valence-corrected chi connectivity index (χ4v) is 1.20. The molecule has 1 aromatic rings. The van der Waals surface area contributed by atoms with Gasteiger partial charge in [-0.05, 0) is 17.1 Å². The molecule has 0 aliphatic heterocycles. The second-order valence-corrected chi connectivity index (χ2v) is 3.41. The zero-order valence-electron chi connectivity index (χ0n) is 8.33. The molecule has 1 aromatic carbocycles. The van der Waals surface area contributed by atoms with Gasteiger partial charge < -0.3 is 0 Å². The quantitative estimate of drug-likeness (QED) is 0.606. The van der Waals surface area contributed by atoms with Gasteiger partial charge in [-0.3, -0.25) is 0 Å². The third-order valence-corrected chi connectivity index (χ3v) is 2.04. The molecule has 0 saturated carbocycles. The van der Waals surface area contributed by atoms with Gasteiger partial charge >= 0.3 is 0 Å². The smallest absolute Gasteiger partial charge is 0.0219 e. The maximum atomic E-state index is 3.81. The van der Waals surface area contributed by atoms with Gasteiger partial charge in [-0.25, -0.2) is 0 Å². The minimum Gasteiger partial charge on any atom is -0.0988 e. The number of hydrogen-bond acceptors (Lipinski definition) is 0. The first-order valence-corrected chi connectivity index (χ1v) is 4.63. The molecule has 0 nitrogen and oxygen atoms in total. The average molecular weight is 172 g/mol. The van der Waals surface area contributed by atoms with Crippen LogP contribution in [0.15, 0.2) is 48.6 Å². The summed E-state index contributed by atoms with van der Waals surface area (Å²) in [6, 6.07) is 10.3. The molecule has 0 spiro atoms. The normalized spacial score (nSPS) is 11.8. The molecule has 0 N–H and O–H groups in total. The van der Waals surface area contributed by atoms with Gasteiger partial charge in [0.05, 0.1) is 0 Å². The minimum absolute atomic E-state index is 0.540. The molecule has 13 heavy (non-hydrogen) atoms. The van der Waals surface area contributed by atoms with E-state index in [0.717, 1.165) is 0 Å². The van der Waals surface area contributed by atoms with Gasteiger partial charge in [-0.1, -0.05) is 62.9 Å². The van der Waals surface area contributed by atoms with E-state index in [-0.39, 0.29) is 0 Å². The van der Waals surface area contributed by atoms with Crippen LogP contribution in [-0.4, -0.2) is 0 Å². The summed E-state index contributed by atoms with van der Waals surface area (Å²) in [5, 5.41) is 0. The summed E-state index contributed by atoms with van der Waals surface area (Å²) in [6.45, 7) is 8.16. The van der Waals surface area contributed by atoms with Crippen molar-refractivity contribution in [1.82, 2.24) is 0 Å². The molecular weight excluding hydrogens is 156 g/mol. The van der Waals surface area contributed by atoms with Crippen LogP contribution in [0.5, 0.6) is 0 Å². The summed E-state index contributed by atoms with van der Waals surface area (Å²) >= 11 is 0. The Kier molecular flexibility index (Phi) is 3.51. The van der Waals surface area contributed by atoms with E-state index >= 15 is 0 Å². The Morgan fingerprint density at radius 2 is 1.85 bits per heavy atom. The highest BCUT2D eigenvalue weighted by atomic mass is 14.0. The Balaban J connectivity index is 2.92. The van der Waals surface area contributed by atoms with Crippen LogP contribution in [0.3, 0.4) is 0 Å². The zero-order valence-corrected chi connectivity index (χ0v) is 8.33. The van der Waals surface area contributed by atoms with Gasteiger partial charge in [0.25, 0.3) is 0 Å². The van der Waals surface area contributed by atoms with Crippen molar-refractivity contribution in [2.45, 2.75) is 13.8 Å². The Hall–Kier alpha value is -1.30. The van der Waals surface area contributed by atoms with Crippen molar-refractivity contribution < 1.29 is 0 Å². The molecule has 0 heteroatoms. The van der Waals surface area contributed by atoms with Gasteiger partial charge in [-0.15, -0.1) is 0 Å². The monoisotopic (exact) mass is 172 g/mol. The largest absolute Gasteiger partial charge is 0.0988 e. The molecule has 0 aliphatic carbocycles. The van der Waals surface area contributed by atoms with Crippen molar-refractivity contribution >= 4 is 6.08 Å². The summed E-state index contributed by atoms with van der Waals surface area (Å²) in [6.07, 6.45) is 4.11. The van der Waals surface area contributed by atoms with E-state index in [9.17, 15) is 0 Å². The fourth-order valence-electron chi connectivity index (χ4n) is 1.20. The van der Waals surface area contributed by atoms with Crippen LogP contribution in [0.2, 0.25) is 0 Å². The lowest BCUT2D eigenvalue weighted by atomic mass is 10.0. The Morgan fingerprint density at radius 1 is 1.23 bits per heavy atom. The SMILES string of the molecule is C=C/C(=C\c1ccccc1)C(C)C. The molecule has 0 fully saturated rings. The molecule has 0 atom stereocenters. The number of rotatable bonds is 3. The van der Waals surface area contributed by atoms with E-state index in [0.29, 0.717) is 5.92 Å². The van der Waals surface area contributed by atoms with E-state index < -0.39 is 0 Å². The van der Waals surface area contributed by atoms with Gasteiger partial charge in [0, 0.05) is 0 Å². The minimum atomic E-state index is 0.540. The highest BCUT2D eigenvalue weighted by Crippen LogP contribution is 2.14. The predicted octanol–water partition coefficient (Wildman–Crippen LogP) is 3.91. The first-order valence-electron chi connectivity index (χ1n) is 4.63. The Bertz CT molecular complexity index is 291. The van der Waals surface area contributed by atoms with Crippen LogP contribution in [-0.2, 0) is 0 Å². The molecule has 68 valence electrons. The number of allylic oxidation sites excluding steroid dienone is 2. The Morgan fingerprint density at radius 3 is 2.31 bits per heavy atom. The Labute approximate surface area is 80.6 Å². The maximum absolute atomic E-state index is 3.81. The lowest BCUT2D eigenvalue weighted by Gasteiger charge is -2.05. The summed E-state index contributed by atoms with van der Waals surface area (Å²) in [7, 11) is 0. The van der Waals surface area contributed by atoms with Gasteiger partial charge in [0.2, 0.25) is 0 Å². The number of hydrogen-bond donors (Lipinski definition) is 0. The topological polar surface area (TPSA) is 0 Å². The third-order valence-electron chi connectivity index (χ3n) is 2.04. The highest BCUT2D eigenvalue weighted by molar-refractivity contribution is 5.55. The highest BCUT2D eigenvalue weighted by Gasteiger charge is 1.97. The second kappa shape index (κ2) is 4.66. The summed E-state index contributed by atoms with van der Waals surface area (Å²) < 4.78 is 0. The first kappa shape index (κ1) is 9.79. The molecule has 0 amide bonds. The van der Waals surface area contributed by atoms with Gasteiger partial charge in [-0.2, -0.15) is 0 Å².